The van der Waals surface area contributed by atoms with Crippen LogP contribution in [0.3, 0.4) is 0 Å². The molecule has 6 heterocycles. The molecular weight excluding hydrogens is 1270 g/mol. The van der Waals surface area contributed by atoms with E-state index in [1.54, 1.807) is 0 Å². The lowest BCUT2D eigenvalue weighted by Crippen LogP contribution is -2.10. The van der Waals surface area contributed by atoms with Crippen LogP contribution in [-0.4, -0.2) is 18.3 Å². The van der Waals surface area contributed by atoms with Gasteiger partial charge in [0.05, 0.1) is 55.5 Å². The number of nitrogens with zero attached hydrogens (tertiary/aromatic N) is 6. The Labute approximate surface area is 596 Å². The number of hydrogen-bond acceptors (Lipinski definition) is 4. The molecule has 0 N–H and O–H groups in total. The topological polar surface area (TPSA) is 52.5 Å². The Morgan fingerprint density at radius 3 is 1.24 bits per heavy atom. The van der Waals surface area contributed by atoms with Crippen LogP contribution >= 0.6 is 0 Å². The van der Waals surface area contributed by atoms with Crippen LogP contribution in [0.25, 0.3) is 165 Å². The highest BCUT2D eigenvalue weighted by molar-refractivity contribution is 6.29. The highest BCUT2D eigenvalue weighted by Gasteiger charge is 2.27. The number of para-hydroxylation sites is 10. The van der Waals surface area contributed by atoms with E-state index in [-0.39, 0.29) is 0 Å². The van der Waals surface area contributed by atoms with Gasteiger partial charge in [-0.15, -0.1) is 0 Å². The molecule has 0 saturated heterocycles. The standard InChI is InChI=1S/C96H60N6O2/c1-6-24-63(25-7-1)97(69-47-52-84-78(58-69)71-34-16-19-39-81(71)102(84)89-42-23-37-75-73-35-18-21-43-91(73)103-96(75)89)68-46-51-83-79(59-68)72-49-44-61(56-90(72)101(83)67-32-14-5-15-33-67)62-45-50-74-76-38-22-41-88(95(76)104-92(74)57-62)98(64-26-8-2-9-27-64)70-48-53-85-80(60-70)94-87(100(85)66-30-12-4-13-31-66)55-54-86-93(94)77-36-17-20-40-82(77)99(86)65-28-10-3-11-29-65/h1-60H. The van der Waals surface area contributed by atoms with Crippen LogP contribution in [0.1, 0.15) is 0 Å². The number of anilines is 6. The minimum atomic E-state index is 0.812. The van der Waals surface area contributed by atoms with Crippen LogP contribution < -0.4 is 9.80 Å². The molecule has 0 aliphatic heterocycles. The van der Waals surface area contributed by atoms with Gasteiger partial charge < -0.3 is 36.9 Å². The third-order valence-corrected chi connectivity index (χ3v) is 21.5. The predicted molar refractivity (Wildman–Crippen MR) is 433 cm³/mol. The fourth-order valence-corrected chi connectivity index (χ4v) is 17.0. The van der Waals surface area contributed by atoms with Gasteiger partial charge in [-0.1, -0.05) is 188 Å². The van der Waals surface area contributed by atoms with Gasteiger partial charge in [-0.3, -0.25) is 0 Å². The SMILES string of the molecule is c1ccc(N(c2ccc3c(c2)c2ccc(-c4ccc5c(c4)oc4c(N(c6ccccc6)c6ccc7c(c6)c6c8c9ccccc9n(-c9ccccc9)c8ccc6n7-c6ccccc6)cccc45)cc2n3-c2ccccc2)c2ccc3c(c2)c2ccccc2n3-c2cccc3c2oc2ccccc23)cc1. The van der Waals surface area contributed by atoms with Crippen molar-refractivity contribution in [2.45, 2.75) is 0 Å². The van der Waals surface area contributed by atoms with Crippen molar-refractivity contribution in [3.63, 3.8) is 0 Å². The molecule has 8 heteroatoms. The number of fused-ring (bicyclic) bond motifs is 19. The molecule has 0 spiro atoms. The average Bonchev–Trinajstić information content (AvgIpc) is 1.55. The largest absolute Gasteiger partial charge is 0.454 e. The molecular formula is C96H60N6O2. The second kappa shape index (κ2) is 22.7. The van der Waals surface area contributed by atoms with Gasteiger partial charge in [0.2, 0.25) is 0 Å². The number of benzene rings is 16. The third-order valence-electron chi connectivity index (χ3n) is 21.5. The summed E-state index contributed by atoms with van der Waals surface area (Å²) in [5.41, 5.74) is 25.1. The lowest BCUT2D eigenvalue weighted by molar-refractivity contribution is 0.666. The van der Waals surface area contributed by atoms with E-state index >= 15 is 0 Å². The fraction of sp³-hybridized carbons (Fsp3) is 0. The second-order valence-corrected chi connectivity index (χ2v) is 27.1. The highest BCUT2D eigenvalue weighted by atomic mass is 16.3. The number of aromatic nitrogens is 4. The first-order valence-corrected chi connectivity index (χ1v) is 35.5. The zero-order valence-electron chi connectivity index (χ0n) is 56.1. The summed E-state index contributed by atoms with van der Waals surface area (Å²) >= 11 is 0. The maximum Gasteiger partial charge on any atom is 0.159 e. The zero-order valence-corrected chi connectivity index (χ0v) is 56.1. The van der Waals surface area contributed by atoms with Crippen LogP contribution in [0.4, 0.5) is 34.1 Å². The van der Waals surface area contributed by atoms with Crippen molar-refractivity contribution < 1.29 is 8.83 Å². The Hall–Kier alpha value is -14.1. The fourth-order valence-electron chi connectivity index (χ4n) is 17.0. The van der Waals surface area contributed by atoms with Crippen LogP contribution in [0.5, 0.6) is 0 Å². The van der Waals surface area contributed by atoms with Crippen molar-refractivity contribution in [1.82, 2.24) is 18.3 Å². The smallest absolute Gasteiger partial charge is 0.159 e. The molecule has 0 bridgehead atoms. The molecule has 0 saturated carbocycles. The number of hydrogen-bond donors (Lipinski definition) is 0. The maximum absolute atomic E-state index is 7.31. The molecule has 0 unspecified atom stereocenters. The van der Waals surface area contributed by atoms with E-state index in [4.69, 9.17) is 8.83 Å². The predicted octanol–water partition coefficient (Wildman–Crippen LogP) is 26.5. The lowest BCUT2D eigenvalue weighted by atomic mass is 10.0. The molecule has 0 atom stereocenters. The molecule has 22 aromatic rings. The lowest BCUT2D eigenvalue weighted by Gasteiger charge is -2.26. The van der Waals surface area contributed by atoms with Crippen molar-refractivity contribution in [2.24, 2.45) is 0 Å². The van der Waals surface area contributed by atoms with Crippen molar-refractivity contribution in [3.8, 4) is 33.9 Å². The van der Waals surface area contributed by atoms with E-state index in [1.807, 2.05) is 6.07 Å². The minimum absolute atomic E-state index is 0.812. The number of rotatable bonds is 11. The minimum Gasteiger partial charge on any atom is -0.454 e. The van der Waals surface area contributed by atoms with Gasteiger partial charge in [0.15, 0.2) is 11.2 Å². The van der Waals surface area contributed by atoms with Crippen molar-refractivity contribution >= 4 is 165 Å². The molecule has 0 fully saturated rings. The Morgan fingerprint density at radius 1 is 0.202 bits per heavy atom. The van der Waals surface area contributed by atoms with Gasteiger partial charge in [0, 0.05) is 110 Å². The highest BCUT2D eigenvalue weighted by Crippen LogP contribution is 2.50. The Bertz CT molecular complexity index is 7220. The molecule has 0 aliphatic carbocycles. The summed E-state index contributed by atoms with van der Waals surface area (Å²) in [6.07, 6.45) is 0. The van der Waals surface area contributed by atoms with E-state index in [9.17, 15) is 0 Å². The molecule has 16 aromatic carbocycles. The summed E-state index contributed by atoms with van der Waals surface area (Å²) in [6, 6.07) is 132. The van der Waals surface area contributed by atoms with E-state index in [0.717, 1.165) is 172 Å². The van der Waals surface area contributed by atoms with Gasteiger partial charge in [0.1, 0.15) is 11.2 Å². The van der Waals surface area contributed by atoms with E-state index < -0.39 is 0 Å². The number of furan rings is 2. The van der Waals surface area contributed by atoms with Crippen LogP contribution in [-0.2, 0) is 0 Å². The monoisotopic (exact) mass is 1330 g/mol. The first-order valence-electron chi connectivity index (χ1n) is 35.5. The van der Waals surface area contributed by atoms with Gasteiger partial charge >= 0.3 is 0 Å². The van der Waals surface area contributed by atoms with Crippen molar-refractivity contribution in [1.29, 1.82) is 0 Å². The maximum atomic E-state index is 7.31. The summed E-state index contributed by atoms with van der Waals surface area (Å²) < 4.78 is 23.6. The average molecular weight is 1330 g/mol. The Morgan fingerprint density at radius 2 is 0.606 bits per heavy atom. The summed E-state index contributed by atoms with van der Waals surface area (Å²) in [5.74, 6) is 0. The molecule has 6 aromatic heterocycles. The Kier molecular flexibility index (Phi) is 12.6. The molecule has 22 rings (SSSR count). The van der Waals surface area contributed by atoms with Gasteiger partial charge in [-0.2, -0.15) is 0 Å². The molecule has 0 aliphatic rings. The van der Waals surface area contributed by atoms with Crippen LogP contribution in [0.15, 0.2) is 373 Å². The first-order chi connectivity index (χ1) is 51.6. The summed E-state index contributed by atoms with van der Waals surface area (Å²) in [6.45, 7) is 0. The molecule has 104 heavy (non-hydrogen) atoms. The van der Waals surface area contributed by atoms with Crippen LogP contribution in [0, 0.1) is 0 Å². The van der Waals surface area contributed by atoms with Crippen molar-refractivity contribution in [2.75, 3.05) is 9.80 Å². The van der Waals surface area contributed by atoms with Gasteiger partial charge in [-0.05, 0) is 187 Å². The molecule has 8 nitrogen and oxygen atoms in total. The third kappa shape index (κ3) is 8.66. The summed E-state index contributed by atoms with van der Waals surface area (Å²) in [7, 11) is 0. The normalized spacial score (nSPS) is 12.0. The second-order valence-electron chi connectivity index (χ2n) is 27.1. The molecule has 0 radical (unpaired) electrons. The quantitative estimate of drug-likeness (QED) is 0.129. The van der Waals surface area contributed by atoms with E-state index in [1.165, 1.54) is 27.1 Å². The first kappa shape index (κ1) is 57.8. The zero-order chi connectivity index (χ0) is 68.1. The van der Waals surface area contributed by atoms with Gasteiger partial charge in [0.25, 0.3) is 0 Å². The Balaban J connectivity index is 0.678. The van der Waals surface area contributed by atoms with Gasteiger partial charge in [-0.25, -0.2) is 0 Å². The summed E-state index contributed by atoms with van der Waals surface area (Å²) in [4.78, 5) is 4.76. The van der Waals surface area contributed by atoms with E-state index in [2.05, 4.69) is 386 Å². The summed E-state index contributed by atoms with van der Waals surface area (Å²) in [5, 5.41) is 13.7. The molecule has 0 amide bonds. The van der Waals surface area contributed by atoms with Crippen LogP contribution in [0.2, 0.25) is 0 Å². The van der Waals surface area contributed by atoms with Crippen molar-refractivity contribution in [3.05, 3.63) is 364 Å². The van der Waals surface area contributed by atoms with E-state index in [0.29, 0.717) is 0 Å². The molecule has 486 valence electrons.